The molecule has 0 aromatic heterocycles. The minimum Gasteiger partial charge on any atom is -0.480 e. The number of hydrogen-bond donors (Lipinski definition) is 3. The molecule has 0 radical (unpaired) electrons. The average molecular weight is 812 g/mol. The Kier molecular flexibility index (Phi) is 35.5. The van der Waals surface area contributed by atoms with Crippen LogP contribution in [0, 0.1) is 0 Å². The number of carboxylic acids is 1. The predicted octanol–water partition coefficient (Wildman–Crippen LogP) is 10.2. The van der Waals surface area contributed by atoms with Crippen molar-refractivity contribution in [3.8, 4) is 0 Å². The molecule has 57 heavy (non-hydrogen) atoms. The van der Waals surface area contributed by atoms with Gasteiger partial charge in [0.2, 0.25) is 0 Å². The lowest BCUT2D eigenvalue weighted by Gasteiger charge is -2.20. The number of hydrogen-bond acceptors (Lipinski definition) is 9. The molecule has 0 aromatic carbocycles. The maximum atomic E-state index is 12.5. The second-order valence-electron chi connectivity index (χ2n) is 12.4. The van der Waals surface area contributed by atoms with E-state index in [9.17, 15) is 23.8 Å². The molecule has 0 aromatic rings. The molecule has 0 aliphatic rings. The molecule has 0 aliphatic carbocycles. The first kappa shape index (κ1) is 52.6. The van der Waals surface area contributed by atoms with Crippen LogP contribution in [0.2, 0.25) is 0 Å². The third-order valence-electron chi connectivity index (χ3n) is 7.27. The number of allylic oxidation sites excluding steroid dienone is 22. The van der Waals surface area contributed by atoms with Crippen LogP contribution in [0.15, 0.2) is 134 Å². The van der Waals surface area contributed by atoms with Crippen LogP contribution in [-0.2, 0) is 37.5 Å². The number of carbonyl (C=O) groups excluding carboxylic acids is 2. The second kappa shape index (κ2) is 38.5. The molecule has 11 nitrogen and oxygen atoms in total. The molecule has 4 N–H and O–H groups in total. The van der Waals surface area contributed by atoms with Crippen LogP contribution in [0.5, 0.6) is 0 Å². The van der Waals surface area contributed by atoms with Gasteiger partial charge in [-0.3, -0.25) is 23.4 Å². The van der Waals surface area contributed by atoms with E-state index < -0.39 is 57.7 Å². The van der Waals surface area contributed by atoms with Gasteiger partial charge in [0.25, 0.3) is 0 Å². The van der Waals surface area contributed by atoms with E-state index in [4.69, 9.17) is 24.8 Å². The highest BCUT2D eigenvalue weighted by Gasteiger charge is 2.28. The Balaban J connectivity index is 4.63. The summed E-state index contributed by atoms with van der Waals surface area (Å²) in [4.78, 5) is 45.8. The maximum absolute atomic E-state index is 12.5. The van der Waals surface area contributed by atoms with Gasteiger partial charge in [-0.15, -0.1) is 0 Å². The average Bonchev–Trinajstić information content (AvgIpc) is 3.19. The van der Waals surface area contributed by atoms with Crippen LogP contribution in [0.3, 0.4) is 0 Å². The lowest BCUT2D eigenvalue weighted by atomic mass is 10.2. The number of aliphatic carboxylic acids is 1. The van der Waals surface area contributed by atoms with Gasteiger partial charge in [-0.2, -0.15) is 0 Å². The lowest BCUT2D eigenvalue weighted by Crippen LogP contribution is -2.34. The normalized spacial score (nSPS) is 15.2. The Bertz CT molecular complexity index is 1470. The number of unbranched alkanes of at least 4 members (excludes halogenated alkanes) is 2. The third kappa shape index (κ3) is 38.3. The summed E-state index contributed by atoms with van der Waals surface area (Å²) >= 11 is 0. The van der Waals surface area contributed by atoms with E-state index in [0.717, 1.165) is 44.9 Å². The van der Waals surface area contributed by atoms with Crippen molar-refractivity contribution in [2.45, 2.75) is 109 Å². The van der Waals surface area contributed by atoms with E-state index >= 15 is 0 Å². The molecule has 0 fully saturated rings. The summed E-state index contributed by atoms with van der Waals surface area (Å²) in [6.45, 7) is 2.36. The summed E-state index contributed by atoms with van der Waals surface area (Å²) in [5.41, 5.74) is 5.31. The number of carboxylic acid groups (broad SMARTS) is 1. The first-order chi connectivity index (χ1) is 27.6. The SMILES string of the molecule is CC/C=C/C=C/C=C/C=C/C=C/CCCC(=O)OC(COC(=O)CCC/C=C/C/C=C/C/C=C/C/C=C/C/C=C/C/C=C/CC)COP(=O)(O)OC[C@@H](N)C(=O)O. The van der Waals surface area contributed by atoms with Crippen LogP contribution in [0.4, 0.5) is 0 Å². The Morgan fingerprint density at radius 2 is 0.982 bits per heavy atom. The van der Waals surface area contributed by atoms with Gasteiger partial charge in [-0.05, 0) is 70.6 Å². The fourth-order valence-electron chi connectivity index (χ4n) is 4.22. The predicted molar refractivity (Wildman–Crippen MR) is 230 cm³/mol. The van der Waals surface area contributed by atoms with Gasteiger partial charge >= 0.3 is 25.7 Å². The van der Waals surface area contributed by atoms with Gasteiger partial charge in [0.1, 0.15) is 12.6 Å². The maximum Gasteiger partial charge on any atom is 0.472 e. The highest BCUT2D eigenvalue weighted by atomic mass is 31.2. The minimum absolute atomic E-state index is 0.0428. The smallest absolute Gasteiger partial charge is 0.472 e. The Labute approximate surface area is 341 Å². The number of rotatable bonds is 34. The van der Waals surface area contributed by atoms with Crippen molar-refractivity contribution < 1.29 is 47.5 Å². The number of phosphoric ester groups is 1. The molecule has 0 spiro atoms. The van der Waals surface area contributed by atoms with E-state index in [1.165, 1.54) is 0 Å². The minimum atomic E-state index is -4.76. The van der Waals surface area contributed by atoms with Crippen LogP contribution in [-0.4, -0.2) is 59.9 Å². The fourth-order valence-corrected chi connectivity index (χ4v) is 5.00. The van der Waals surface area contributed by atoms with Crippen LogP contribution in [0.1, 0.15) is 97.3 Å². The molecule has 12 heteroatoms. The molecule has 0 rings (SSSR count). The van der Waals surface area contributed by atoms with Gasteiger partial charge < -0.3 is 25.2 Å². The zero-order chi connectivity index (χ0) is 42.1. The highest BCUT2D eigenvalue weighted by molar-refractivity contribution is 7.47. The molecular formula is C45H66NO10P. The summed E-state index contributed by atoms with van der Waals surface area (Å²) in [7, 11) is -4.76. The van der Waals surface area contributed by atoms with Crippen molar-refractivity contribution in [2.75, 3.05) is 19.8 Å². The van der Waals surface area contributed by atoms with E-state index in [1.54, 1.807) is 0 Å². The summed E-state index contributed by atoms with van der Waals surface area (Å²) < 4.78 is 32.4. The third-order valence-corrected chi connectivity index (χ3v) is 8.22. The first-order valence-electron chi connectivity index (χ1n) is 19.8. The van der Waals surface area contributed by atoms with Crippen molar-refractivity contribution in [3.63, 3.8) is 0 Å². The molecule has 316 valence electrons. The van der Waals surface area contributed by atoms with Gasteiger partial charge in [-0.25, -0.2) is 4.57 Å². The van der Waals surface area contributed by atoms with Gasteiger partial charge in [0, 0.05) is 12.8 Å². The molecule has 0 heterocycles. The van der Waals surface area contributed by atoms with Gasteiger partial charge in [-0.1, -0.05) is 148 Å². The molecule has 0 saturated carbocycles. The topological polar surface area (TPSA) is 172 Å². The molecular weight excluding hydrogens is 745 g/mol. The van der Waals surface area contributed by atoms with Gasteiger partial charge in [0.15, 0.2) is 6.10 Å². The van der Waals surface area contributed by atoms with Gasteiger partial charge in [0.05, 0.1) is 13.2 Å². The highest BCUT2D eigenvalue weighted by Crippen LogP contribution is 2.43. The molecule has 0 aliphatic heterocycles. The monoisotopic (exact) mass is 811 g/mol. The first-order valence-corrected chi connectivity index (χ1v) is 21.3. The van der Waals surface area contributed by atoms with Crippen molar-refractivity contribution in [3.05, 3.63) is 134 Å². The van der Waals surface area contributed by atoms with Crippen molar-refractivity contribution in [1.29, 1.82) is 0 Å². The largest absolute Gasteiger partial charge is 0.480 e. The summed E-state index contributed by atoms with van der Waals surface area (Å²) in [5, 5.41) is 8.87. The van der Waals surface area contributed by atoms with Crippen molar-refractivity contribution >= 4 is 25.7 Å². The summed E-state index contributed by atoms with van der Waals surface area (Å²) in [6.07, 6.45) is 52.6. The lowest BCUT2D eigenvalue weighted by molar-refractivity contribution is -0.161. The fraction of sp³-hybridized carbons (Fsp3) is 0.444. The van der Waals surface area contributed by atoms with Crippen LogP contribution < -0.4 is 5.73 Å². The summed E-state index contributed by atoms with van der Waals surface area (Å²) in [6, 6.07) is -1.55. The second-order valence-corrected chi connectivity index (χ2v) is 13.9. The van der Waals surface area contributed by atoms with E-state index in [-0.39, 0.29) is 12.8 Å². The Morgan fingerprint density at radius 3 is 1.49 bits per heavy atom. The van der Waals surface area contributed by atoms with Crippen LogP contribution >= 0.6 is 7.82 Å². The molecule has 3 atom stereocenters. The standard InChI is InChI=1S/C45H66NO10P/c1-3-5-7-9-11-13-15-17-18-19-20-21-22-23-25-26-28-30-32-34-36-43(47)53-38-41(39-54-57(51,52)55-40-42(46)45(49)50)56-44(48)37-35-33-31-29-27-24-16-14-12-10-8-6-4-2/h5-8,10-14,16-18,20-21,23-25,27-31,41-42H,3-4,9,15,19,22,26,32-40,46H2,1-2H3,(H,49,50)(H,51,52)/b7-5+,8-6+,12-10+,13-11+,16-14+,18-17+,21-20+,25-23+,27-24+,30-28+,31-29+/t41?,42-/m1/s1. The zero-order valence-corrected chi connectivity index (χ0v) is 34.7. The number of phosphoric acid groups is 1. The number of ether oxygens (including phenoxy) is 2. The van der Waals surface area contributed by atoms with E-state index in [0.29, 0.717) is 25.7 Å². The van der Waals surface area contributed by atoms with Crippen LogP contribution in [0.25, 0.3) is 0 Å². The van der Waals surface area contributed by atoms with E-state index in [1.807, 2.05) is 66.8 Å². The summed E-state index contributed by atoms with van der Waals surface area (Å²) in [5.74, 6) is -2.58. The molecule has 0 saturated heterocycles. The number of carbonyl (C=O) groups is 3. The van der Waals surface area contributed by atoms with Crippen molar-refractivity contribution in [1.82, 2.24) is 0 Å². The Morgan fingerprint density at radius 1 is 0.561 bits per heavy atom. The zero-order valence-electron chi connectivity index (χ0n) is 33.9. The number of esters is 2. The quantitative estimate of drug-likeness (QED) is 0.0186. The molecule has 0 bridgehead atoms. The molecule has 0 amide bonds. The van der Waals surface area contributed by atoms with E-state index in [2.05, 4.69) is 85.2 Å². The number of nitrogens with two attached hydrogens (primary N) is 1. The van der Waals surface area contributed by atoms with Crippen molar-refractivity contribution in [2.24, 2.45) is 5.73 Å². The Hall–Kier alpha value is -4.38. The molecule has 2 unspecified atom stereocenters.